The fourth-order valence-electron chi connectivity index (χ4n) is 2.64. The molecule has 3 N–H and O–H groups in total. The van der Waals surface area contributed by atoms with E-state index < -0.39 is 12.2 Å². The summed E-state index contributed by atoms with van der Waals surface area (Å²) in [6.45, 7) is 4.36. The summed E-state index contributed by atoms with van der Waals surface area (Å²) in [5.41, 5.74) is 2.63. The summed E-state index contributed by atoms with van der Waals surface area (Å²) in [5, 5.41) is 22.8. The molecule has 4 heteroatoms. The number of hydrogen-bond acceptors (Lipinski definition) is 4. The van der Waals surface area contributed by atoms with E-state index in [1.807, 2.05) is 0 Å². The zero-order chi connectivity index (χ0) is 15.1. The maximum absolute atomic E-state index is 9.88. The van der Waals surface area contributed by atoms with E-state index in [0.29, 0.717) is 13.2 Å². The van der Waals surface area contributed by atoms with Gasteiger partial charge in [-0.1, -0.05) is 37.6 Å². The van der Waals surface area contributed by atoms with Gasteiger partial charge in [0.05, 0.1) is 19.3 Å². The van der Waals surface area contributed by atoms with E-state index in [9.17, 15) is 10.2 Å². The highest BCUT2D eigenvalue weighted by atomic mass is 16.5. The van der Waals surface area contributed by atoms with Crippen molar-refractivity contribution in [3.8, 4) is 0 Å². The van der Waals surface area contributed by atoms with Crippen LogP contribution in [0.1, 0.15) is 30.9 Å². The van der Waals surface area contributed by atoms with Crippen molar-refractivity contribution in [3.05, 3.63) is 35.4 Å². The Morgan fingerprint density at radius 3 is 2.57 bits per heavy atom. The number of hydrogen-bond donors (Lipinski definition) is 3. The van der Waals surface area contributed by atoms with Crippen LogP contribution >= 0.6 is 0 Å². The summed E-state index contributed by atoms with van der Waals surface area (Å²) >= 11 is 0. The van der Waals surface area contributed by atoms with E-state index in [0.717, 1.165) is 13.0 Å². The van der Waals surface area contributed by atoms with Crippen molar-refractivity contribution in [2.24, 2.45) is 5.92 Å². The molecule has 1 aliphatic rings. The second kappa shape index (κ2) is 8.49. The zero-order valence-corrected chi connectivity index (χ0v) is 12.8. The molecule has 4 nitrogen and oxygen atoms in total. The summed E-state index contributed by atoms with van der Waals surface area (Å²) in [6.07, 6.45) is 2.15. The number of aliphatic hydroxyl groups excluding tert-OH is 2. The predicted molar refractivity (Wildman–Crippen MR) is 83.1 cm³/mol. The molecule has 0 spiro atoms. The van der Waals surface area contributed by atoms with Crippen LogP contribution in [0.3, 0.4) is 0 Å². The average molecular weight is 293 g/mol. The maximum atomic E-state index is 9.88. The Bertz CT molecular complexity index is 407. The van der Waals surface area contributed by atoms with Crippen molar-refractivity contribution in [3.63, 3.8) is 0 Å². The molecule has 1 heterocycles. The Morgan fingerprint density at radius 2 is 1.86 bits per heavy atom. The lowest BCUT2D eigenvalue weighted by atomic mass is 9.96. The first kappa shape index (κ1) is 16.4. The van der Waals surface area contributed by atoms with Crippen molar-refractivity contribution in [1.82, 2.24) is 5.32 Å². The van der Waals surface area contributed by atoms with Gasteiger partial charge >= 0.3 is 0 Å². The van der Waals surface area contributed by atoms with E-state index in [4.69, 9.17) is 4.74 Å². The number of ether oxygens (including phenoxy) is 1. The molecule has 1 saturated heterocycles. The minimum atomic E-state index is -0.761. The van der Waals surface area contributed by atoms with Crippen molar-refractivity contribution in [2.45, 2.75) is 44.9 Å². The van der Waals surface area contributed by atoms with Crippen molar-refractivity contribution < 1.29 is 14.9 Å². The number of benzene rings is 1. The van der Waals surface area contributed by atoms with E-state index in [2.05, 4.69) is 36.5 Å². The summed E-state index contributed by atoms with van der Waals surface area (Å²) in [4.78, 5) is 0. The Hall–Kier alpha value is -0.940. The first-order chi connectivity index (χ1) is 10.2. The lowest BCUT2D eigenvalue weighted by Crippen LogP contribution is -2.47. The van der Waals surface area contributed by atoms with Crippen LogP contribution < -0.4 is 5.32 Å². The second-order valence-electron chi connectivity index (χ2n) is 5.91. The largest absolute Gasteiger partial charge is 0.390 e. The van der Waals surface area contributed by atoms with Gasteiger partial charge < -0.3 is 20.3 Å². The lowest BCUT2D eigenvalue weighted by Gasteiger charge is -2.31. The van der Waals surface area contributed by atoms with Crippen LogP contribution in [0.2, 0.25) is 0 Å². The topological polar surface area (TPSA) is 61.7 Å². The number of nitrogens with one attached hydrogen (secondary N) is 1. The highest BCUT2D eigenvalue weighted by Crippen LogP contribution is 2.15. The van der Waals surface area contributed by atoms with Crippen molar-refractivity contribution >= 4 is 0 Å². The Morgan fingerprint density at radius 1 is 1.14 bits per heavy atom. The number of rotatable bonds is 7. The quantitative estimate of drug-likeness (QED) is 0.713. The second-order valence-corrected chi connectivity index (χ2v) is 5.91. The molecule has 0 aromatic heterocycles. The van der Waals surface area contributed by atoms with Gasteiger partial charge in [0.25, 0.3) is 0 Å². The molecule has 0 radical (unpaired) electrons. The first-order valence-electron chi connectivity index (χ1n) is 7.93. The van der Waals surface area contributed by atoms with E-state index in [1.165, 1.54) is 24.0 Å². The van der Waals surface area contributed by atoms with Crippen LogP contribution in [-0.2, 0) is 17.7 Å². The van der Waals surface area contributed by atoms with Crippen LogP contribution in [0, 0.1) is 5.92 Å². The Labute approximate surface area is 127 Å². The molecule has 1 aliphatic heterocycles. The summed E-state index contributed by atoms with van der Waals surface area (Å²) < 4.78 is 5.27. The van der Waals surface area contributed by atoms with E-state index in [-0.39, 0.29) is 12.5 Å². The molecule has 21 heavy (non-hydrogen) atoms. The standard InChI is InChI=1S/C17H27NO3/c1-2-3-4-13-5-7-14(8-6-13)9-18-10-15-11-21-12-16(19)17(15)20/h5-8,15-20H,2-4,9-12H2,1H3/t15-,16-,17+/m1/s1. The van der Waals surface area contributed by atoms with Crippen LogP contribution in [0.4, 0.5) is 0 Å². The molecule has 1 aromatic rings. The fraction of sp³-hybridized carbons (Fsp3) is 0.647. The highest BCUT2D eigenvalue weighted by molar-refractivity contribution is 5.22. The average Bonchev–Trinajstić information content (AvgIpc) is 2.51. The van der Waals surface area contributed by atoms with Gasteiger partial charge in [0.1, 0.15) is 6.10 Å². The third-order valence-corrected chi connectivity index (χ3v) is 4.08. The van der Waals surface area contributed by atoms with Gasteiger partial charge in [-0.2, -0.15) is 0 Å². The third-order valence-electron chi connectivity index (χ3n) is 4.08. The molecule has 0 unspecified atom stereocenters. The van der Waals surface area contributed by atoms with E-state index >= 15 is 0 Å². The van der Waals surface area contributed by atoms with Gasteiger partial charge in [-0.05, 0) is 24.0 Å². The Balaban J connectivity index is 1.73. The maximum Gasteiger partial charge on any atom is 0.104 e. The molecule has 1 aromatic carbocycles. The summed E-state index contributed by atoms with van der Waals surface area (Å²) in [5.74, 6) is -0.0439. The molecule has 1 fully saturated rings. The predicted octanol–water partition coefficient (Wildman–Crippen LogP) is 1.49. The number of aliphatic hydroxyl groups is 2. The number of aryl methyl sites for hydroxylation is 1. The van der Waals surface area contributed by atoms with Gasteiger partial charge in [-0.15, -0.1) is 0 Å². The molecular formula is C17H27NO3. The lowest BCUT2D eigenvalue weighted by molar-refractivity contribution is -0.119. The smallest absolute Gasteiger partial charge is 0.104 e. The Kier molecular flexibility index (Phi) is 6.64. The molecule has 0 bridgehead atoms. The summed E-state index contributed by atoms with van der Waals surface area (Å²) in [7, 11) is 0. The molecule has 0 aliphatic carbocycles. The summed E-state index contributed by atoms with van der Waals surface area (Å²) in [6, 6.07) is 8.69. The third kappa shape index (κ3) is 5.08. The molecule has 0 amide bonds. The number of unbranched alkanes of at least 4 members (excludes halogenated alkanes) is 1. The normalized spacial score (nSPS) is 26.0. The van der Waals surface area contributed by atoms with Gasteiger partial charge in [0.15, 0.2) is 0 Å². The van der Waals surface area contributed by atoms with Crippen LogP contribution in [0.5, 0.6) is 0 Å². The van der Waals surface area contributed by atoms with Gasteiger partial charge in [-0.25, -0.2) is 0 Å². The van der Waals surface area contributed by atoms with Crippen LogP contribution in [0.15, 0.2) is 24.3 Å². The molecular weight excluding hydrogens is 266 g/mol. The first-order valence-corrected chi connectivity index (χ1v) is 7.93. The van der Waals surface area contributed by atoms with Gasteiger partial charge in [-0.3, -0.25) is 0 Å². The van der Waals surface area contributed by atoms with Gasteiger partial charge in [0, 0.05) is 19.0 Å². The van der Waals surface area contributed by atoms with Crippen molar-refractivity contribution in [1.29, 1.82) is 0 Å². The minimum absolute atomic E-state index is 0.0439. The van der Waals surface area contributed by atoms with Gasteiger partial charge in [0.2, 0.25) is 0 Å². The minimum Gasteiger partial charge on any atom is -0.390 e. The monoisotopic (exact) mass is 293 g/mol. The van der Waals surface area contributed by atoms with Crippen molar-refractivity contribution in [2.75, 3.05) is 19.8 Å². The molecule has 3 atom stereocenters. The van der Waals surface area contributed by atoms with Crippen LogP contribution in [-0.4, -0.2) is 42.2 Å². The fourth-order valence-corrected chi connectivity index (χ4v) is 2.64. The zero-order valence-electron chi connectivity index (χ0n) is 12.8. The van der Waals surface area contributed by atoms with Crippen LogP contribution in [0.25, 0.3) is 0 Å². The molecule has 2 rings (SSSR count). The van der Waals surface area contributed by atoms with E-state index in [1.54, 1.807) is 0 Å². The molecule has 118 valence electrons. The molecule has 0 saturated carbocycles. The highest BCUT2D eigenvalue weighted by Gasteiger charge is 2.30. The SMILES string of the molecule is CCCCc1ccc(CNC[C@@H]2COC[C@@H](O)[C@H]2O)cc1.